The minimum atomic E-state index is -0.947. The summed E-state index contributed by atoms with van der Waals surface area (Å²) < 4.78 is 25.3. The maximum atomic E-state index is 13.9. The Hall–Kier alpha value is -3.72. The van der Waals surface area contributed by atoms with Gasteiger partial charge in [-0.3, -0.25) is 14.5 Å². The molecule has 3 heterocycles. The van der Waals surface area contributed by atoms with Gasteiger partial charge in [0.1, 0.15) is 17.2 Å². The van der Waals surface area contributed by atoms with E-state index in [1.807, 2.05) is 6.92 Å². The molecule has 0 aliphatic carbocycles. The number of fused-ring (bicyclic) bond motifs is 2. The first-order valence-corrected chi connectivity index (χ1v) is 10.7. The van der Waals surface area contributed by atoms with Crippen molar-refractivity contribution in [1.29, 1.82) is 0 Å². The lowest BCUT2D eigenvalue weighted by Crippen LogP contribution is -2.30. The highest BCUT2D eigenvalue weighted by Gasteiger charge is 2.44. The molecule has 0 saturated heterocycles. The summed E-state index contributed by atoms with van der Waals surface area (Å²) in [6, 6.07) is 9.20. The average molecular weight is 511 g/mol. The predicted molar refractivity (Wildman–Crippen MR) is 122 cm³/mol. The number of ether oxygens (including phenoxy) is 1. The van der Waals surface area contributed by atoms with Gasteiger partial charge < -0.3 is 14.3 Å². The molecule has 7 nitrogen and oxygen atoms in total. The molecule has 0 radical (unpaired) electrons. The Morgan fingerprint density at radius 2 is 1.97 bits per heavy atom. The average Bonchev–Trinajstić information content (AvgIpc) is 3.09. The number of methoxy groups -OCH3 is 1. The minimum Gasteiger partial charge on any atom is -0.503 e. The molecule has 33 heavy (non-hydrogen) atoms. The molecule has 1 atom stereocenters. The van der Waals surface area contributed by atoms with Crippen LogP contribution in [-0.4, -0.2) is 23.1 Å². The number of nitrogens with zero attached hydrogens (tertiary/aromatic N) is 2. The van der Waals surface area contributed by atoms with Gasteiger partial charge in [-0.2, -0.15) is 0 Å². The Morgan fingerprint density at radius 1 is 1.18 bits per heavy atom. The van der Waals surface area contributed by atoms with Crippen LogP contribution >= 0.6 is 15.9 Å². The summed E-state index contributed by atoms with van der Waals surface area (Å²) in [4.78, 5) is 32.8. The van der Waals surface area contributed by atoms with Gasteiger partial charge in [0.2, 0.25) is 5.76 Å². The summed E-state index contributed by atoms with van der Waals surface area (Å²) >= 11 is 3.29. The molecule has 1 aliphatic rings. The molecule has 2 aromatic heterocycles. The number of anilines is 1. The van der Waals surface area contributed by atoms with Gasteiger partial charge in [0, 0.05) is 6.20 Å². The highest BCUT2D eigenvalue weighted by Crippen LogP contribution is 2.44. The van der Waals surface area contributed by atoms with Gasteiger partial charge in [-0.05, 0) is 70.4 Å². The lowest BCUT2D eigenvalue weighted by atomic mass is 9.98. The third-order valence-corrected chi connectivity index (χ3v) is 6.17. The number of phenols is 1. The Labute approximate surface area is 195 Å². The molecule has 2 aromatic carbocycles. The topological polar surface area (TPSA) is 92.9 Å². The molecule has 0 spiro atoms. The fourth-order valence-corrected chi connectivity index (χ4v) is 4.47. The maximum Gasteiger partial charge on any atom is 0.296 e. The van der Waals surface area contributed by atoms with Crippen LogP contribution in [0.2, 0.25) is 0 Å². The number of amides is 1. The number of carbonyl (C=O) groups excluding carboxylic acids is 1. The lowest BCUT2D eigenvalue weighted by molar-refractivity contribution is 0.0970. The van der Waals surface area contributed by atoms with Crippen molar-refractivity contribution < 1.29 is 23.4 Å². The number of aryl methyl sites for hydroxylation is 1. The maximum absolute atomic E-state index is 13.9. The van der Waals surface area contributed by atoms with E-state index in [0.717, 1.165) is 17.7 Å². The van der Waals surface area contributed by atoms with Gasteiger partial charge in [-0.25, -0.2) is 9.37 Å². The number of pyridine rings is 1. The SMILES string of the molecule is COc1cc(C2c3c(oc4ccc(F)cc4c3=O)C(=O)N2c2ccc(C)cn2)cc(Br)c1O. The quantitative estimate of drug-likeness (QED) is 0.423. The standard InChI is InChI=1S/C24H16BrFN2O5/c1-11-3-6-18(27-10-11)28-20(12-7-15(25)22(30)17(8-12)32-2)19-21(29)14-9-13(26)4-5-16(14)33-23(19)24(28)31/h3-10,20,30H,1-2H3. The van der Waals surface area contributed by atoms with E-state index in [9.17, 15) is 19.1 Å². The second-order valence-corrected chi connectivity index (χ2v) is 8.49. The van der Waals surface area contributed by atoms with E-state index in [0.29, 0.717) is 15.9 Å². The van der Waals surface area contributed by atoms with Crippen LogP contribution in [0.4, 0.5) is 10.2 Å². The zero-order valence-electron chi connectivity index (χ0n) is 17.4. The van der Waals surface area contributed by atoms with Gasteiger partial charge in [0.05, 0.1) is 28.6 Å². The second-order valence-electron chi connectivity index (χ2n) is 7.64. The van der Waals surface area contributed by atoms with Crippen molar-refractivity contribution in [2.45, 2.75) is 13.0 Å². The Morgan fingerprint density at radius 3 is 2.67 bits per heavy atom. The second kappa shape index (κ2) is 7.70. The molecular weight excluding hydrogens is 495 g/mol. The van der Waals surface area contributed by atoms with Crippen molar-refractivity contribution in [3.05, 3.63) is 91.6 Å². The van der Waals surface area contributed by atoms with E-state index < -0.39 is 23.2 Å². The summed E-state index contributed by atoms with van der Waals surface area (Å²) in [5.74, 6) is -0.972. The monoisotopic (exact) mass is 510 g/mol. The Bertz CT molecular complexity index is 1500. The van der Waals surface area contributed by atoms with Crippen molar-refractivity contribution in [2.24, 2.45) is 0 Å². The fraction of sp³-hybridized carbons (Fsp3) is 0.125. The summed E-state index contributed by atoms with van der Waals surface area (Å²) in [7, 11) is 1.39. The Kier molecular flexibility index (Phi) is 4.93. The molecule has 0 fully saturated rings. The first kappa shape index (κ1) is 21.1. The van der Waals surface area contributed by atoms with E-state index in [1.54, 1.807) is 24.4 Å². The third-order valence-electron chi connectivity index (χ3n) is 5.56. The minimum absolute atomic E-state index is 0.0232. The zero-order chi connectivity index (χ0) is 23.4. The number of halogens is 2. The summed E-state index contributed by atoms with van der Waals surface area (Å²) in [6.07, 6.45) is 1.61. The van der Waals surface area contributed by atoms with Crippen molar-refractivity contribution in [3.63, 3.8) is 0 Å². The molecule has 1 aliphatic heterocycles. The molecule has 4 aromatic rings. The van der Waals surface area contributed by atoms with Gasteiger partial charge in [-0.15, -0.1) is 0 Å². The Balaban J connectivity index is 1.84. The van der Waals surface area contributed by atoms with Gasteiger partial charge >= 0.3 is 0 Å². The number of rotatable bonds is 3. The number of aromatic nitrogens is 1. The summed E-state index contributed by atoms with van der Waals surface area (Å²) in [5, 5.41) is 10.3. The third kappa shape index (κ3) is 3.27. The van der Waals surface area contributed by atoms with E-state index >= 15 is 0 Å². The molecule has 1 unspecified atom stereocenters. The molecule has 166 valence electrons. The molecule has 9 heteroatoms. The molecule has 0 saturated carbocycles. The highest BCUT2D eigenvalue weighted by atomic mass is 79.9. The largest absolute Gasteiger partial charge is 0.503 e. The number of hydrogen-bond acceptors (Lipinski definition) is 6. The number of hydrogen-bond donors (Lipinski definition) is 1. The fourth-order valence-electron chi connectivity index (χ4n) is 4.01. The first-order valence-electron chi connectivity index (χ1n) is 9.89. The van der Waals surface area contributed by atoms with Crippen molar-refractivity contribution in [3.8, 4) is 11.5 Å². The van der Waals surface area contributed by atoms with Crippen LogP contribution in [0.3, 0.4) is 0 Å². The van der Waals surface area contributed by atoms with Crippen LogP contribution in [0.1, 0.15) is 33.3 Å². The van der Waals surface area contributed by atoms with Crippen molar-refractivity contribution in [2.75, 3.05) is 12.0 Å². The van der Waals surface area contributed by atoms with Crippen LogP contribution < -0.4 is 15.1 Å². The van der Waals surface area contributed by atoms with E-state index in [1.165, 1.54) is 24.1 Å². The van der Waals surface area contributed by atoms with Crippen molar-refractivity contribution in [1.82, 2.24) is 4.98 Å². The first-order chi connectivity index (χ1) is 15.8. The van der Waals surface area contributed by atoms with Gasteiger partial charge in [0.25, 0.3) is 5.91 Å². The van der Waals surface area contributed by atoms with E-state index in [2.05, 4.69) is 20.9 Å². The van der Waals surface area contributed by atoms with Crippen molar-refractivity contribution >= 4 is 38.6 Å². The molecular formula is C24H16BrFN2O5. The normalized spacial score (nSPS) is 15.2. The predicted octanol–water partition coefficient (Wildman–Crippen LogP) is 4.86. The van der Waals surface area contributed by atoms with Crippen LogP contribution in [0.15, 0.2) is 62.3 Å². The number of carbonyl (C=O) groups is 1. The van der Waals surface area contributed by atoms with Gasteiger partial charge in [0.15, 0.2) is 16.9 Å². The van der Waals surface area contributed by atoms with Crippen LogP contribution in [0.25, 0.3) is 11.0 Å². The number of phenolic OH excluding ortho intramolecular Hbond substituents is 1. The number of aromatic hydroxyl groups is 1. The molecule has 1 amide bonds. The van der Waals surface area contributed by atoms with E-state index in [4.69, 9.17) is 9.15 Å². The lowest BCUT2D eigenvalue weighted by Gasteiger charge is -2.25. The highest BCUT2D eigenvalue weighted by molar-refractivity contribution is 9.10. The number of benzene rings is 2. The smallest absolute Gasteiger partial charge is 0.296 e. The zero-order valence-corrected chi connectivity index (χ0v) is 19.0. The van der Waals surface area contributed by atoms with E-state index in [-0.39, 0.29) is 33.8 Å². The van der Waals surface area contributed by atoms with Crippen LogP contribution in [-0.2, 0) is 0 Å². The van der Waals surface area contributed by atoms with Crippen LogP contribution in [0, 0.1) is 12.7 Å². The molecule has 1 N–H and O–H groups in total. The van der Waals surface area contributed by atoms with Crippen LogP contribution in [0.5, 0.6) is 11.5 Å². The van der Waals surface area contributed by atoms with Gasteiger partial charge in [-0.1, -0.05) is 6.07 Å². The molecule has 0 bridgehead atoms. The summed E-state index contributed by atoms with van der Waals surface area (Å²) in [5.41, 5.74) is 0.996. The molecule has 5 rings (SSSR count). The summed E-state index contributed by atoms with van der Waals surface area (Å²) in [6.45, 7) is 1.86.